The van der Waals surface area contributed by atoms with Gasteiger partial charge in [0, 0.05) is 10.8 Å². The molecule has 2 heteroatoms. The number of hydrogen-bond acceptors (Lipinski definition) is 1. The molecule has 0 saturated carbocycles. The van der Waals surface area contributed by atoms with Crippen molar-refractivity contribution in [2.75, 3.05) is 0 Å². The minimum Gasteiger partial charge on any atom is -0.478 e. The van der Waals surface area contributed by atoms with E-state index in [0.717, 1.165) is 5.56 Å². The molecule has 1 aliphatic carbocycles. The Bertz CT molecular complexity index is 910. The number of carboxylic acids is 1. The average Bonchev–Trinajstić information content (AvgIpc) is 2.59. The largest absolute Gasteiger partial charge is 0.478 e. The number of carboxylic acid groups (broad SMARTS) is 1. The van der Waals surface area contributed by atoms with Crippen LogP contribution in [0.25, 0.3) is 11.6 Å². The van der Waals surface area contributed by atoms with E-state index >= 15 is 0 Å². The van der Waals surface area contributed by atoms with E-state index in [0.29, 0.717) is 5.56 Å². The third-order valence-corrected chi connectivity index (χ3v) is 5.29. The van der Waals surface area contributed by atoms with Crippen LogP contribution in [0.2, 0.25) is 0 Å². The Morgan fingerprint density at radius 2 is 1.54 bits per heavy atom. The molecule has 0 saturated heterocycles. The smallest absolute Gasteiger partial charge is 0.335 e. The van der Waals surface area contributed by atoms with Crippen LogP contribution in [-0.2, 0) is 10.8 Å². The van der Waals surface area contributed by atoms with E-state index in [1.165, 1.54) is 22.3 Å². The zero-order chi connectivity index (χ0) is 19.1. The van der Waals surface area contributed by atoms with E-state index in [9.17, 15) is 4.79 Å². The van der Waals surface area contributed by atoms with Crippen molar-refractivity contribution in [3.8, 4) is 0 Å². The van der Waals surface area contributed by atoms with Gasteiger partial charge in [0.05, 0.1) is 5.56 Å². The van der Waals surface area contributed by atoms with E-state index in [4.69, 9.17) is 5.11 Å². The summed E-state index contributed by atoms with van der Waals surface area (Å²) < 4.78 is 0. The molecule has 0 atom stereocenters. The third-order valence-electron chi connectivity index (χ3n) is 5.29. The molecule has 0 spiro atoms. The van der Waals surface area contributed by atoms with Crippen molar-refractivity contribution < 1.29 is 9.90 Å². The molecule has 0 fully saturated rings. The summed E-state index contributed by atoms with van der Waals surface area (Å²) in [6, 6.07) is 13.6. The molecule has 0 amide bonds. The second-order valence-electron chi connectivity index (χ2n) is 8.26. The van der Waals surface area contributed by atoms with Gasteiger partial charge in [0.15, 0.2) is 0 Å². The minimum atomic E-state index is -0.898. The van der Waals surface area contributed by atoms with Crippen molar-refractivity contribution in [1.29, 1.82) is 0 Å². The van der Waals surface area contributed by atoms with Crippen LogP contribution in [0.3, 0.4) is 0 Å². The SMILES string of the molecule is C/C(=C\c1ccc(C(=O)O)cc1)c1cccc2c1C(C)(C)C=CC2(C)C. The van der Waals surface area contributed by atoms with Crippen LogP contribution >= 0.6 is 0 Å². The van der Waals surface area contributed by atoms with Gasteiger partial charge in [0.2, 0.25) is 0 Å². The van der Waals surface area contributed by atoms with Gasteiger partial charge in [-0.2, -0.15) is 0 Å². The van der Waals surface area contributed by atoms with E-state index in [-0.39, 0.29) is 10.8 Å². The maximum absolute atomic E-state index is 11.0. The first-order chi connectivity index (χ1) is 12.1. The Kier molecular flexibility index (Phi) is 4.39. The molecule has 3 rings (SSSR count). The van der Waals surface area contributed by atoms with Crippen molar-refractivity contribution in [3.05, 3.63) is 82.4 Å². The fraction of sp³-hybridized carbons (Fsp3) is 0.292. The quantitative estimate of drug-likeness (QED) is 0.541. The normalized spacial score (nSPS) is 17.7. The number of carbonyl (C=O) groups is 1. The summed E-state index contributed by atoms with van der Waals surface area (Å²) in [5.74, 6) is -0.898. The Labute approximate surface area is 155 Å². The highest BCUT2D eigenvalue weighted by Crippen LogP contribution is 2.44. The molecule has 2 nitrogen and oxygen atoms in total. The molecule has 0 radical (unpaired) electrons. The lowest BCUT2D eigenvalue weighted by molar-refractivity contribution is 0.0697. The van der Waals surface area contributed by atoms with E-state index in [2.05, 4.69) is 71.0 Å². The molecular weight excluding hydrogens is 320 g/mol. The fourth-order valence-corrected chi connectivity index (χ4v) is 3.75. The minimum absolute atomic E-state index is 0.0181. The number of hydrogen-bond donors (Lipinski definition) is 1. The van der Waals surface area contributed by atoms with Crippen molar-refractivity contribution in [3.63, 3.8) is 0 Å². The van der Waals surface area contributed by atoms with Crippen LogP contribution in [-0.4, -0.2) is 11.1 Å². The average molecular weight is 346 g/mol. The Morgan fingerprint density at radius 3 is 2.15 bits per heavy atom. The van der Waals surface area contributed by atoms with Gasteiger partial charge in [0.25, 0.3) is 0 Å². The number of aromatic carboxylic acids is 1. The maximum Gasteiger partial charge on any atom is 0.335 e. The molecule has 0 heterocycles. The number of fused-ring (bicyclic) bond motifs is 1. The lowest BCUT2D eigenvalue weighted by Gasteiger charge is -2.38. The van der Waals surface area contributed by atoms with Gasteiger partial charge >= 0.3 is 5.97 Å². The van der Waals surface area contributed by atoms with Gasteiger partial charge in [-0.3, -0.25) is 0 Å². The highest BCUT2D eigenvalue weighted by atomic mass is 16.4. The second kappa shape index (κ2) is 6.28. The molecule has 0 unspecified atom stereocenters. The predicted molar refractivity (Wildman–Crippen MR) is 109 cm³/mol. The summed E-state index contributed by atoms with van der Waals surface area (Å²) in [4.78, 5) is 11.0. The standard InChI is InChI=1S/C24H26O2/c1-16(15-17-9-11-18(12-10-17)22(25)26)19-7-6-8-20-21(19)24(4,5)14-13-23(20,2)3/h6-15H,1-5H3,(H,25,26)/b16-15+. The first kappa shape index (κ1) is 18.2. The number of allylic oxidation sites excluding steroid dienone is 3. The van der Waals surface area contributed by atoms with Crippen molar-refractivity contribution >= 4 is 17.6 Å². The van der Waals surface area contributed by atoms with Crippen LogP contribution in [0.5, 0.6) is 0 Å². The Balaban J connectivity index is 2.09. The van der Waals surface area contributed by atoms with Crippen LogP contribution in [0.1, 0.15) is 67.2 Å². The summed E-state index contributed by atoms with van der Waals surface area (Å²) >= 11 is 0. The van der Waals surface area contributed by atoms with Crippen LogP contribution < -0.4 is 0 Å². The molecule has 134 valence electrons. The van der Waals surface area contributed by atoms with Gasteiger partial charge in [-0.15, -0.1) is 0 Å². The molecule has 0 aromatic heterocycles. The van der Waals surface area contributed by atoms with Gasteiger partial charge in [0.1, 0.15) is 0 Å². The summed E-state index contributed by atoms with van der Waals surface area (Å²) in [7, 11) is 0. The fourth-order valence-electron chi connectivity index (χ4n) is 3.75. The molecule has 2 aromatic carbocycles. The van der Waals surface area contributed by atoms with E-state index in [1.807, 2.05) is 12.1 Å². The first-order valence-corrected chi connectivity index (χ1v) is 8.98. The first-order valence-electron chi connectivity index (χ1n) is 8.98. The Hall–Kier alpha value is -2.61. The summed E-state index contributed by atoms with van der Waals surface area (Å²) in [6.45, 7) is 11.2. The molecule has 0 bridgehead atoms. The highest BCUT2D eigenvalue weighted by molar-refractivity contribution is 5.88. The van der Waals surface area contributed by atoms with E-state index < -0.39 is 5.97 Å². The van der Waals surface area contributed by atoms with Crippen LogP contribution in [0.4, 0.5) is 0 Å². The van der Waals surface area contributed by atoms with E-state index in [1.54, 1.807) is 12.1 Å². The lowest BCUT2D eigenvalue weighted by atomic mass is 9.66. The van der Waals surface area contributed by atoms with Gasteiger partial charge in [-0.25, -0.2) is 4.79 Å². The molecule has 0 aliphatic heterocycles. The molecule has 26 heavy (non-hydrogen) atoms. The maximum atomic E-state index is 11.0. The summed E-state index contributed by atoms with van der Waals surface area (Å²) in [5.41, 5.74) is 6.50. The van der Waals surface area contributed by atoms with Crippen LogP contribution in [0.15, 0.2) is 54.6 Å². The molecule has 1 N–H and O–H groups in total. The van der Waals surface area contributed by atoms with Gasteiger partial charge < -0.3 is 5.11 Å². The van der Waals surface area contributed by atoms with Crippen molar-refractivity contribution in [1.82, 2.24) is 0 Å². The van der Waals surface area contributed by atoms with Crippen molar-refractivity contribution in [2.24, 2.45) is 0 Å². The highest BCUT2D eigenvalue weighted by Gasteiger charge is 2.34. The zero-order valence-corrected chi connectivity index (χ0v) is 16.1. The monoisotopic (exact) mass is 346 g/mol. The lowest BCUT2D eigenvalue weighted by Crippen LogP contribution is -2.30. The zero-order valence-electron chi connectivity index (χ0n) is 16.1. The molecular formula is C24H26O2. The van der Waals surface area contributed by atoms with Crippen molar-refractivity contribution in [2.45, 2.75) is 45.4 Å². The van der Waals surface area contributed by atoms with Crippen LogP contribution in [0, 0.1) is 0 Å². The molecule has 2 aromatic rings. The van der Waals surface area contributed by atoms with Gasteiger partial charge in [-0.1, -0.05) is 76.3 Å². The summed E-state index contributed by atoms with van der Waals surface area (Å²) in [5, 5.41) is 9.05. The third kappa shape index (κ3) is 3.24. The predicted octanol–water partition coefficient (Wildman–Crippen LogP) is 6.07. The second-order valence-corrected chi connectivity index (χ2v) is 8.26. The number of benzene rings is 2. The topological polar surface area (TPSA) is 37.3 Å². The van der Waals surface area contributed by atoms with Gasteiger partial charge in [-0.05, 0) is 46.9 Å². The summed E-state index contributed by atoms with van der Waals surface area (Å²) in [6.07, 6.45) is 6.75. The number of rotatable bonds is 3. The Morgan fingerprint density at radius 1 is 0.923 bits per heavy atom. The molecule has 1 aliphatic rings.